The van der Waals surface area contributed by atoms with Gasteiger partial charge in [-0.2, -0.15) is 0 Å². The Morgan fingerprint density at radius 2 is 1.62 bits per heavy atom. The smallest absolute Gasteiger partial charge is 0.0301 e. The van der Waals surface area contributed by atoms with Gasteiger partial charge in [0, 0.05) is 18.1 Å². The van der Waals surface area contributed by atoms with Crippen LogP contribution in [0.5, 0.6) is 0 Å². The van der Waals surface area contributed by atoms with Gasteiger partial charge < -0.3 is 0 Å². The van der Waals surface area contributed by atoms with Gasteiger partial charge in [-0.15, -0.1) is 0 Å². The highest BCUT2D eigenvalue weighted by molar-refractivity contribution is 5.20. The molecule has 1 nitrogen and oxygen atoms in total. The van der Waals surface area contributed by atoms with Gasteiger partial charge in [0.1, 0.15) is 0 Å². The van der Waals surface area contributed by atoms with E-state index in [4.69, 9.17) is 0 Å². The van der Waals surface area contributed by atoms with Crippen LogP contribution in [0.15, 0.2) is 0 Å². The molecule has 0 radical (unpaired) electrons. The number of rotatable bonds is 5. The summed E-state index contributed by atoms with van der Waals surface area (Å²) >= 11 is 0. The maximum absolute atomic E-state index is 2.76. The van der Waals surface area contributed by atoms with Gasteiger partial charge in [0.05, 0.1) is 0 Å². The van der Waals surface area contributed by atoms with E-state index in [-0.39, 0.29) is 0 Å². The monoisotopic (exact) mass is 223 g/mol. The summed E-state index contributed by atoms with van der Waals surface area (Å²) in [5, 5.41) is 0. The van der Waals surface area contributed by atoms with Gasteiger partial charge in [0.15, 0.2) is 0 Å². The van der Waals surface area contributed by atoms with Gasteiger partial charge in [-0.05, 0) is 37.0 Å². The van der Waals surface area contributed by atoms with Gasteiger partial charge in [-0.1, -0.05) is 41.0 Å². The van der Waals surface area contributed by atoms with Crippen LogP contribution in [-0.2, 0) is 0 Å². The minimum atomic E-state index is 0.863. The summed E-state index contributed by atoms with van der Waals surface area (Å²) in [6, 6.07) is 2.74. The molecule has 0 saturated carbocycles. The molecule has 0 aromatic rings. The van der Waals surface area contributed by atoms with E-state index < -0.39 is 0 Å². The van der Waals surface area contributed by atoms with Crippen molar-refractivity contribution in [3.05, 3.63) is 0 Å². The molecule has 94 valence electrons. The van der Waals surface area contributed by atoms with E-state index in [1.807, 2.05) is 0 Å². The third-order valence-electron chi connectivity index (χ3n) is 4.90. The molecule has 0 aliphatic carbocycles. The molecule has 0 spiro atoms. The first kappa shape index (κ1) is 12.4. The summed E-state index contributed by atoms with van der Waals surface area (Å²) < 4.78 is 0. The predicted octanol–water partition coefficient (Wildman–Crippen LogP) is 3.79. The first-order valence-electron chi connectivity index (χ1n) is 7.22. The predicted molar refractivity (Wildman–Crippen MR) is 70.4 cm³/mol. The molecule has 0 aromatic heterocycles. The van der Waals surface area contributed by atoms with Crippen molar-refractivity contribution in [3.8, 4) is 0 Å². The highest BCUT2D eigenvalue weighted by Gasteiger charge is 2.66. The number of hydrogen-bond acceptors (Lipinski definition) is 1. The van der Waals surface area contributed by atoms with Crippen molar-refractivity contribution in [1.29, 1.82) is 0 Å². The zero-order valence-electron chi connectivity index (χ0n) is 11.9. The average Bonchev–Trinajstić information content (AvgIpc) is 2.65. The van der Waals surface area contributed by atoms with E-state index in [1.54, 1.807) is 0 Å². The van der Waals surface area contributed by atoms with Crippen LogP contribution >= 0.6 is 0 Å². The summed E-state index contributed by atoms with van der Waals surface area (Å²) in [4.78, 5) is 2.76. The van der Waals surface area contributed by atoms with E-state index in [2.05, 4.69) is 46.4 Å². The molecular formula is C15H29N. The summed E-state index contributed by atoms with van der Waals surface area (Å²) in [6.45, 7) is 14.4. The van der Waals surface area contributed by atoms with E-state index in [1.165, 1.54) is 12.8 Å². The highest BCUT2D eigenvalue weighted by Crippen LogP contribution is 2.56. The van der Waals surface area contributed by atoms with Crippen LogP contribution in [0.3, 0.4) is 0 Å². The van der Waals surface area contributed by atoms with Crippen molar-refractivity contribution in [3.63, 3.8) is 0 Å². The van der Waals surface area contributed by atoms with Crippen molar-refractivity contribution in [2.24, 2.45) is 23.7 Å². The van der Waals surface area contributed by atoms with E-state index in [9.17, 15) is 0 Å². The molecule has 2 aliphatic rings. The Labute approximate surface area is 102 Å². The minimum absolute atomic E-state index is 0.863. The molecule has 0 bridgehead atoms. The average molecular weight is 223 g/mol. The van der Waals surface area contributed by atoms with Gasteiger partial charge >= 0.3 is 0 Å². The third kappa shape index (κ3) is 1.92. The van der Waals surface area contributed by atoms with Crippen molar-refractivity contribution in [2.45, 2.75) is 72.5 Å². The Bertz CT molecular complexity index is 246. The highest BCUT2D eigenvalue weighted by atomic mass is 15.4. The molecule has 0 amide bonds. The summed E-state index contributed by atoms with van der Waals surface area (Å²) in [5.41, 5.74) is 0. The van der Waals surface area contributed by atoms with Gasteiger partial charge in [-0.3, -0.25) is 4.90 Å². The van der Waals surface area contributed by atoms with E-state index in [0.29, 0.717) is 0 Å². The Hall–Kier alpha value is -0.0400. The van der Waals surface area contributed by atoms with Crippen LogP contribution in [0, 0.1) is 23.7 Å². The molecule has 0 N–H and O–H groups in total. The topological polar surface area (TPSA) is 3.01 Å². The van der Waals surface area contributed by atoms with E-state index >= 15 is 0 Å². The maximum atomic E-state index is 2.76. The standard InChI is InChI=1S/C15H29N/c1-9(2)7-8-11(5)14-13(10(3)4)15-12(6)16(14)15/h9-15H,7-8H2,1-6H3. The zero-order valence-corrected chi connectivity index (χ0v) is 11.9. The first-order valence-corrected chi connectivity index (χ1v) is 7.22. The lowest BCUT2D eigenvalue weighted by atomic mass is 9.73. The quantitative estimate of drug-likeness (QED) is 0.641. The SMILES string of the molecule is CC(C)CCC(C)C1C(C(C)C)C2C(C)N12. The lowest BCUT2D eigenvalue weighted by Crippen LogP contribution is -2.50. The second kappa shape index (κ2) is 4.33. The lowest BCUT2D eigenvalue weighted by molar-refractivity contribution is 0.0507. The molecule has 2 saturated heterocycles. The molecule has 2 aliphatic heterocycles. The minimum Gasteiger partial charge on any atom is -0.291 e. The Balaban J connectivity index is 1.88. The van der Waals surface area contributed by atoms with Crippen LogP contribution < -0.4 is 0 Å². The van der Waals surface area contributed by atoms with Crippen molar-refractivity contribution in [2.75, 3.05) is 0 Å². The molecule has 2 rings (SSSR count). The summed E-state index contributed by atoms with van der Waals surface area (Å²) in [6.07, 6.45) is 2.82. The number of hydrogen-bond donors (Lipinski definition) is 0. The number of fused-ring (bicyclic) bond motifs is 1. The molecule has 6 unspecified atom stereocenters. The molecular weight excluding hydrogens is 194 g/mol. The Morgan fingerprint density at radius 1 is 1.00 bits per heavy atom. The van der Waals surface area contributed by atoms with Crippen LogP contribution in [0.4, 0.5) is 0 Å². The van der Waals surface area contributed by atoms with Crippen molar-refractivity contribution >= 4 is 0 Å². The summed E-state index contributed by atoms with van der Waals surface area (Å²) in [5.74, 6) is 3.62. The molecule has 16 heavy (non-hydrogen) atoms. The first-order chi connectivity index (χ1) is 7.45. The summed E-state index contributed by atoms with van der Waals surface area (Å²) in [7, 11) is 0. The zero-order chi connectivity index (χ0) is 12.0. The second-order valence-electron chi connectivity index (χ2n) is 6.94. The molecule has 0 aromatic carbocycles. The molecule has 6 atom stereocenters. The van der Waals surface area contributed by atoms with Crippen LogP contribution in [0.2, 0.25) is 0 Å². The largest absolute Gasteiger partial charge is 0.291 e. The fourth-order valence-electron chi connectivity index (χ4n) is 3.91. The van der Waals surface area contributed by atoms with Crippen molar-refractivity contribution in [1.82, 2.24) is 4.90 Å². The fourth-order valence-corrected chi connectivity index (χ4v) is 3.91. The normalized spacial score (nSPS) is 43.1. The second-order valence-corrected chi connectivity index (χ2v) is 6.94. The van der Waals surface area contributed by atoms with Gasteiger partial charge in [0.25, 0.3) is 0 Å². The molecule has 1 heteroatoms. The van der Waals surface area contributed by atoms with Crippen LogP contribution in [0.1, 0.15) is 54.4 Å². The Morgan fingerprint density at radius 3 is 2.12 bits per heavy atom. The van der Waals surface area contributed by atoms with Gasteiger partial charge in [0.2, 0.25) is 0 Å². The maximum Gasteiger partial charge on any atom is 0.0301 e. The number of nitrogens with zero attached hydrogens (tertiary/aromatic N) is 1. The van der Waals surface area contributed by atoms with Crippen molar-refractivity contribution < 1.29 is 0 Å². The third-order valence-corrected chi connectivity index (χ3v) is 4.90. The van der Waals surface area contributed by atoms with Crippen LogP contribution in [0.25, 0.3) is 0 Å². The van der Waals surface area contributed by atoms with E-state index in [0.717, 1.165) is 41.8 Å². The van der Waals surface area contributed by atoms with Crippen LogP contribution in [-0.4, -0.2) is 23.0 Å². The molecule has 2 fully saturated rings. The Kier molecular flexibility index (Phi) is 3.36. The lowest BCUT2D eigenvalue weighted by Gasteiger charge is -2.44. The fraction of sp³-hybridized carbons (Fsp3) is 1.00. The molecule has 2 heterocycles. The van der Waals surface area contributed by atoms with Gasteiger partial charge in [-0.25, -0.2) is 0 Å².